The second kappa shape index (κ2) is 12.9. The van der Waals surface area contributed by atoms with Crippen LogP contribution in [0.2, 0.25) is 0 Å². The lowest BCUT2D eigenvalue weighted by Crippen LogP contribution is -2.28. The van der Waals surface area contributed by atoms with Gasteiger partial charge in [-0.2, -0.15) is 0 Å². The smallest absolute Gasteiger partial charge is 0.266 e. The summed E-state index contributed by atoms with van der Waals surface area (Å²) in [5.41, 5.74) is 0.665. The van der Waals surface area contributed by atoms with Crippen LogP contribution in [0.15, 0.2) is 45.7 Å². The lowest BCUT2D eigenvalue weighted by Gasteiger charge is -2.14. The number of thioether (sulfide) groups is 1. The maximum absolute atomic E-state index is 13.4. The molecule has 0 unspecified atom stereocenters. The van der Waals surface area contributed by atoms with Crippen molar-refractivity contribution in [2.24, 2.45) is 0 Å². The van der Waals surface area contributed by atoms with E-state index in [-0.39, 0.29) is 11.7 Å². The first kappa shape index (κ1) is 24.7. The Balaban J connectivity index is 1.43. The van der Waals surface area contributed by atoms with Crippen LogP contribution in [0.3, 0.4) is 0 Å². The van der Waals surface area contributed by atoms with E-state index >= 15 is 0 Å². The van der Waals surface area contributed by atoms with Gasteiger partial charge in [-0.1, -0.05) is 101 Å². The van der Waals surface area contributed by atoms with Gasteiger partial charge in [-0.3, -0.25) is 9.69 Å². The molecule has 3 rings (SSSR count). The highest BCUT2D eigenvalue weighted by molar-refractivity contribution is 8.26. The van der Waals surface area contributed by atoms with E-state index in [2.05, 4.69) is 6.92 Å². The number of thiocarbonyl (C=S) groups is 1. The molecule has 0 spiro atoms. The number of rotatable bonds is 13. The Bertz CT molecular complexity index is 937. The zero-order valence-corrected chi connectivity index (χ0v) is 20.4. The van der Waals surface area contributed by atoms with E-state index in [1.54, 1.807) is 35.2 Å². The largest absolute Gasteiger partial charge is 0.457 e. The van der Waals surface area contributed by atoms with Gasteiger partial charge in [0, 0.05) is 18.2 Å². The van der Waals surface area contributed by atoms with E-state index in [9.17, 15) is 9.18 Å². The summed E-state index contributed by atoms with van der Waals surface area (Å²) in [6.07, 6.45) is 14.3. The molecule has 0 saturated carbocycles. The van der Waals surface area contributed by atoms with Crippen LogP contribution in [0, 0.1) is 5.82 Å². The maximum Gasteiger partial charge on any atom is 0.266 e. The first-order chi connectivity index (χ1) is 15.6. The monoisotopic (exact) mass is 473 g/mol. The number of halogens is 1. The summed E-state index contributed by atoms with van der Waals surface area (Å²) in [6.45, 7) is 2.92. The molecule has 0 atom stereocenters. The minimum Gasteiger partial charge on any atom is -0.457 e. The van der Waals surface area contributed by atoms with Crippen molar-refractivity contribution in [3.8, 4) is 11.3 Å². The number of carbonyl (C=O) groups is 1. The average molecular weight is 474 g/mol. The van der Waals surface area contributed by atoms with Crippen molar-refractivity contribution in [3.05, 3.63) is 52.9 Å². The highest BCUT2D eigenvalue weighted by atomic mass is 32.2. The average Bonchev–Trinajstić information content (AvgIpc) is 3.35. The van der Waals surface area contributed by atoms with Gasteiger partial charge in [-0.15, -0.1) is 0 Å². The highest BCUT2D eigenvalue weighted by Crippen LogP contribution is 2.34. The Morgan fingerprint density at radius 2 is 1.69 bits per heavy atom. The van der Waals surface area contributed by atoms with Gasteiger partial charge in [0.05, 0.1) is 4.91 Å². The van der Waals surface area contributed by atoms with E-state index in [4.69, 9.17) is 16.6 Å². The van der Waals surface area contributed by atoms with Crippen LogP contribution in [0.5, 0.6) is 0 Å². The summed E-state index contributed by atoms with van der Waals surface area (Å²) in [5.74, 6) is 0.758. The second-order valence-corrected chi connectivity index (χ2v) is 9.90. The Morgan fingerprint density at radius 1 is 1.00 bits per heavy atom. The number of carbonyl (C=O) groups excluding carboxylic acids is 1. The number of furan rings is 1. The van der Waals surface area contributed by atoms with Crippen molar-refractivity contribution >= 4 is 40.3 Å². The van der Waals surface area contributed by atoms with E-state index in [1.165, 1.54) is 75.3 Å². The summed E-state index contributed by atoms with van der Waals surface area (Å²) < 4.78 is 19.9. The molecule has 172 valence electrons. The van der Waals surface area contributed by atoms with Crippen LogP contribution in [-0.4, -0.2) is 21.7 Å². The van der Waals surface area contributed by atoms with Crippen LogP contribution in [-0.2, 0) is 4.79 Å². The SMILES string of the molecule is CCCCCCCCCCCCN1C(=O)/C(=C\c2ccc(-c3cccc(F)c3)o2)SC1=S. The van der Waals surface area contributed by atoms with Crippen molar-refractivity contribution < 1.29 is 13.6 Å². The molecule has 6 heteroatoms. The van der Waals surface area contributed by atoms with Crippen LogP contribution >= 0.6 is 24.0 Å². The number of amides is 1. The molecule has 1 aromatic heterocycles. The predicted molar refractivity (Wildman–Crippen MR) is 136 cm³/mol. The molecule has 0 bridgehead atoms. The fraction of sp³-hybridized carbons (Fsp3) is 0.462. The lowest BCUT2D eigenvalue weighted by atomic mass is 10.1. The zero-order chi connectivity index (χ0) is 22.8. The number of nitrogens with zero attached hydrogens (tertiary/aromatic N) is 1. The van der Waals surface area contributed by atoms with Crippen molar-refractivity contribution in [2.75, 3.05) is 6.54 Å². The Hall–Kier alpha value is -1.92. The van der Waals surface area contributed by atoms with Gasteiger partial charge in [-0.05, 0) is 30.7 Å². The van der Waals surface area contributed by atoms with E-state index in [0.29, 0.717) is 32.9 Å². The molecule has 1 fully saturated rings. The minimum atomic E-state index is -0.312. The molecule has 1 amide bonds. The molecular formula is C26H32FNO2S2. The van der Waals surface area contributed by atoms with Gasteiger partial charge >= 0.3 is 0 Å². The van der Waals surface area contributed by atoms with Crippen LogP contribution in [0.4, 0.5) is 4.39 Å². The van der Waals surface area contributed by atoms with Crippen LogP contribution < -0.4 is 0 Å². The molecule has 1 aliphatic rings. The number of benzene rings is 1. The van der Waals surface area contributed by atoms with Gasteiger partial charge in [0.15, 0.2) is 0 Å². The number of unbranched alkanes of at least 4 members (excludes halogenated alkanes) is 9. The topological polar surface area (TPSA) is 33.5 Å². The minimum absolute atomic E-state index is 0.0559. The first-order valence-electron chi connectivity index (χ1n) is 11.7. The van der Waals surface area contributed by atoms with Gasteiger partial charge in [-0.25, -0.2) is 4.39 Å². The molecule has 0 aliphatic carbocycles. The molecule has 32 heavy (non-hydrogen) atoms. The Kier molecular flexibility index (Phi) is 10.0. The summed E-state index contributed by atoms with van der Waals surface area (Å²) in [6, 6.07) is 9.82. The van der Waals surface area contributed by atoms with Crippen LogP contribution in [0.1, 0.15) is 76.9 Å². The summed E-state index contributed by atoms with van der Waals surface area (Å²) in [5, 5.41) is 0. The van der Waals surface area contributed by atoms with Crippen molar-refractivity contribution in [1.29, 1.82) is 0 Å². The number of hydrogen-bond donors (Lipinski definition) is 0. The standard InChI is InChI=1S/C26H32FNO2S2/c1-2-3-4-5-6-7-8-9-10-11-17-28-25(29)24(32-26(28)31)19-22-15-16-23(30-22)20-13-12-14-21(27)18-20/h12-16,18-19H,2-11,17H2,1H3/b24-19+. The third-order valence-corrected chi connectivity index (χ3v) is 7.00. The second-order valence-electron chi connectivity index (χ2n) is 8.23. The third-order valence-electron chi connectivity index (χ3n) is 5.62. The zero-order valence-electron chi connectivity index (χ0n) is 18.8. The molecule has 1 aromatic carbocycles. The van der Waals surface area contributed by atoms with Crippen molar-refractivity contribution in [2.45, 2.75) is 71.1 Å². The molecule has 0 radical (unpaired) electrons. The third kappa shape index (κ3) is 7.31. The molecule has 2 aromatic rings. The Morgan fingerprint density at radius 3 is 2.38 bits per heavy atom. The molecule has 3 nitrogen and oxygen atoms in total. The van der Waals surface area contributed by atoms with Gasteiger partial charge in [0.1, 0.15) is 21.7 Å². The molecule has 2 heterocycles. The molecule has 1 saturated heterocycles. The summed E-state index contributed by atoms with van der Waals surface area (Å²) in [4.78, 5) is 15.1. The van der Waals surface area contributed by atoms with E-state index in [1.807, 2.05) is 0 Å². The first-order valence-corrected chi connectivity index (χ1v) is 12.9. The normalized spacial score (nSPS) is 15.3. The predicted octanol–water partition coefficient (Wildman–Crippen LogP) is 8.21. The Labute approximate surface area is 200 Å². The summed E-state index contributed by atoms with van der Waals surface area (Å²) in [7, 11) is 0. The lowest BCUT2D eigenvalue weighted by molar-refractivity contribution is -0.122. The molecular weight excluding hydrogens is 441 g/mol. The van der Waals surface area contributed by atoms with E-state index < -0.39 is 0 Å². The summed E-state index contributed by atoms with van der Waals surface area (Å²) >= 11 is 6.75. The maximum atomic E-state index is 13.4. The van der Waals surface area contributed by atoms with Gasteiger partial charge in [0.2, 0.25) is 0 Å². The number of hydrogen-bond acceptors (Lipinski definition) is 4. The molecule has 0 N–H and O–H groups in total. The van der Waals surface area contributed by atoms with Crippen LogP contribution in [0.25, 0.3) is 17.4 Å². The highest BCUT2D eigenvalue weighted by Gasteiger charge is 2.31. The molecule has 1 aliphatic heterocycles. The van der Waals surface area contributed by atoms with Gasteiger partial charge < -0.3 is 4.42 Å². The van der Waals surface area contributed by atoms with E-state index in [0.717, 1.165) is 12.8 Å². The fourth-order valence-electron chi connectivity index (χ4n) is 3.81. The quantitative estimate of drug-likeness (QED) is 0.167. The van der Waals surface area contributed by atoms with Crippen molar-refractivity contribution in [3.63, 3.8) is 0 Å². The van der Waals surface area contributed by atoms with Crippen molar-refractivity contribution in [1.82, 2.24) is 4.90 Å². The fourth-order valence-corrected chi connectivity index (χ4v) is 5.10. The van der Waals surface area contributed by atoms with Gasteiger partial charge in [0.25, 0.3) is 5.91 Å².